The molecule has 0 aliphatic rings. The number of rotatable bonds is 10. The molecule has 0 aliphatic carbocycles. The van der Waals surface area contributed by atoms with E-state index >= 15 is 0 Å². The number of anilines is 1. The van der Waals surface area contributed by atoms with Gasteiger partial charge in [0.2, 0.25) is 5.91 Å². The van der Waals surface area contributed by atoms with Gasteiger partial charge in [0.25, 0.3) is 0 Å². The Balaban J connectivity index is 2.03. The summed E-state index contributed by atoms with van der Waals surface area (Å²) in [6, 6.07) is 7.24. The molecule has 0 fully saturated rings. The van der Waals surface area contributed by atoms with Gasteiger partial charge in [-0.05, 0) is 24.5 Å². The number of ether oxygens (including phenoxy) is 2. The Bertz CT molecular complexity index is 422. The van der Waals surface area contributed by atoms with Crippen LogP contribution in [0.3, 0.4) is 0 Å². The van der Waals surface area contributed by atoms with Gasteiger partial charge >= 0.3 is 0 Å². The average molecular weight is 294 g/mol. The van der Waals surface area contributed by atoms with Crippen LogP contribution < -0.4 is 15.8 Å². The van der Waals surface area contributed by atoms with E-state index in [1.165, 1.54) is 0 Å². The van der Waals surface area contributed by atoms with Crippen LogP contribution >= 0.6 is 0 Å². The molecule has 0 heterocycles. The fraction of sp³-hybridized carbons (Fsp3) is 0.562. The monoisotopic (exact) mass is 294 g/mol. The van der Waals surface area contributed by atoms with Crippen LogP contribution in [-0.4, -0.2) is 32.3 Å². The van der Waals surface area contributed by atoms with Crippen LogP contribution in [0.2, 0.25) is 0 Å². The molecule has 0 saturated carbocycles. The maximum Gasteiger partial charge on any atom is 0.223 e. The predicted octanol–water partition coefficient (Wildman–Crippen LogP) is 2.22. The van der Waals surface area contributed by atoms with E-state index in [-0.39, 0.29) is 5.91 Å². The zero-order valence-corrected chi connectivity index (χ0v) is 12.9. The summed E-state index contributed by atoms with van der Waals surface area (Å²) < 4.78 is 10.9. The molecule has 1 aromatic rings. The van der Waals surface area contributed by atoms with Crippen molar-refractivity contribution in [3.05, 3.63) is 24.3 Å². The quantitative estimate of drug-likeness (QED) is 0.512. The van der Waals surface area contributed by atoms with Crippen LogP contribution in [0, 0.1) is 5.92 Å². The van der Waals surface area contributed by atoms with Gasteiger partial charge < -0.3 is 20.5 Å². The fourth-order valence-corrected chi connectivity index (χ4v) is 1.64. The highest BCUT2D eigenvalue weighted by Gasteiger charge is 2.03. The highest BCUT2D eigenvalue weighted by Crippen LogP contribution is 2.19. The minimum atomic E-state index is -0.0445. The Morgan fingerprint density at radius 1 is 1.24 bits per heavy atom. The van der Waals surface area contributed by atoms with E-state index < -0.39 is 0 Å². The molecule has 5 heteroatoms. The Kier molecular flexibility index (Phi) is 8.28. The number of carbonyl (C=O) groups is 1. The van der Waals surface area contributed by atoms with Crippen LogP contribution in [0.15, 0.2) is 24.3 Å². The van der Waals surface area contributed by atoms with E-state index in [2.05, 4.69) is 19.2 Å². The molecule has 5 nitrogen and oxygen atoms in total. The van der Waals surface area contributed by atoms with Crippen molar-refractivity contribution in [2.75, 3.05) is 32.1 Å². The summed E-state index contributed by atoms with van der Waals surface area (Å²) in [5.74, 6) is 1.21. The standard InChI is InChI=1S/C16H26N2O3/c1-13(2)7-10-20-12-9-18-16(19)8-11-21-15-6-4-3-5-14(15)17/h3-6,13H,7-12,17H2,1-2H3,(H,18,19). The van der Waals surface area contributed by atoms with E-state index in [0.29, 0.717) is 43.5 Å². The van der Waals surface area contributed by atoms with Crippen molar-refractivity contribution in [1.82, 2.24) is 5.32 Å². The van der Waals surface area contributed by atoms with E-state index in [9.17, 15) is 4.79 Å². The fourth-order valence-electron chi connectivity index (χ4n) is 1.64. The summed E-state index contributed by atoms with van der Waals surface area (Å²) in [4.78, 5) is 11.6. The minimum Gasteiger partial charge on any atom is -0.491 e. The summed E-state index contributed by atoms with van der Waals surface area (Å²) in [7, 11) is 0. The third-order valence-electron chi connectivity index (χ3n) is 2.91. The molecule has 0 radical (unpaired) electrons. The zero-order chi connectivity index (χ0) is 15.5. The number of carbonyl (C=O) groups excluding carboxylic acids is 1. The first-order valence-corrected chi connectivity index (χ1v) is 7.41. The maximum atomic E-state index is 11.6. The van der Waals surface area contributed by atoms with Gasteiger partial charge in [0.05, 0.1) is 25.3 Å². The number of para-hydroxylation sites is 2. The van der Waals surface area contributed by atoms with Crippen molar-refractivity contribution in [3.8, 4) is 5.75 Å². The number of nitrogens with one attached hydrogen (secondary N) is 1. The second-order valence-corrected chi connectivity index (χ2v) is 5.28. The molecular weight excluding hydrogens is 268 g/mol. The molecule has 0 aromatic heterocycles. The van der Waals surface area contributed by atoms with Crippen LogP contribution in [0.4, 0.5) is 5.69 Å². The van der Waals surface area contributed by atoms with E-state index in [1.807, 2.05) is 12.1 Å². The van der Waals surface area contributed by atoms with E-state index in [4.69, 9.17) is 15.2 Å². The van der Waals surface area contributed by atoms with Crippen LogP contribution in [0.25, 0.3) is 0 Å². The lowest BCUT2D eigenvalue weighted by atomic mass is 10.1. The first-order chi connectivity index (χ1) is 10.1. The number of amides is 1. The lowest BCUT2D eigenvalue weighted by Crippen LogP contribution is -2.28. The average Bonchev–Trinajstić information content (AvgIpc) is 2.44. The van der Waals surface area contributed by atoms with Crippen molar-refractivity contribution >= 4 is 11.6 Å². The van der Waals surface area contributed by atoms with Crippen molar-refractivity contribution in [3.63, 3.8) is 0 Å². The van der Waals surface area contributed by atoms with E-state index in [1.54, 1.807) is 12.1 Å². The van der Waals surface area contributed by atoms with Gasteiger partial charge in [-0.2, -0.15) is 0 Å². The molecule has 0 atom stereocenters. The minimum absolute atomic E-state index is 0.0445. The lowest BCUT2D eigenvalue weighted by Gasteiger charge is -2.09. The molecule has 0 unspecified atom stereocenters. The molecule has 0 bridgehead atoms. The Hall–Kier alpha value is -1.75. The van der Waals surface area contributed by atoms with Crippen LogP contribution in [0.5, 0.6) is 5.75 Å². The van der Waals surface area contributed by atoms with E-state index in [0.717, 1.165) is 13.0 Å². The van der Waals surface area contributed by atoms with Crippen molar-refractivity contribution in [1.29, 1.82) is 0 Å². The first kappa shape index (κ1) is 17.3. The van der Waals surface area contributed by atoms with Gasteiger partial charge in [-0.15, -0.1) is 0 Å². The normalized spacial score (nSPS) is 10.6. The van der Waals surface area contributed by atoms with Gasteiger partial charge in [0, 0.05) is 13.2 Å². The summed E-state index contributed by atoms with van der Waals surface area (Å²) in [6.45, 7) is 6.45. The summed E-state index contributed by atoms with van der Waals surface area (Å²) in [6.07, 6.45) is 1.35. The maximum absolute atomic E-state index is 11.6. The second kappa shape index (κ2) is 10.0. The van der Waals surface area contributed by atoms with Crippen LogP contribution in [-0.2, 0) is 9.53 Å². The zero-order valence-electron chi connectivity index (χ0n) is 12.9. The molecule has 0 aliphatic heterocycles. The molecular formula is C16H26N2O3. The Morgan fingerprint density at radius 3 is 2.71 bits per heavy atom. The lowest BCUT2D eigenvalue weighted by molar-refractivity contribution is -0.121. The van der Waals surface area contributed by atoms with Crippen LogP contribution in [0.1, 0.15) is 26.7 Å². The molecule has 21 heavy (non-hydrogen) atoms. The molecule has 118 valence electrons. The third-order valence-corrected chi connectivity index (χ3v) is 2.91. The molecule has 1 amide bonds. The smallest absolute Gasteiger partial charge is 0.223 e. The van der Waals surface area contributed by atoms with Gasteiger partial charge in [-0.25, -0.2) is 0 Å². The Labute approximate surface area is 126 Å². The molecule has 0 spiro atoms. The highest BCUT2D eigenvalue weighted by atomic mass is 16.5. The predicted molar refractivity (Wildman–Crippen MR) is 84.3 cm³/mol. The van der Waals surface area contributed by atoms with Gasteiger partial charge in [-0.1, -0.05) is 26.0 Å². The van der Waals surface area contributed by atoms with Crippen molar-refractivity contribution in [2.45, 2.75) is 26.7 Å². The number of hydrogen-bond donors (Lipinski definition) is 2. The largest absolute Gasteiger partial charge is 0.491 e. The topological polar surface area (TPSA) is 73.6 Å². The first-order valence-electron chi connectivity index (χ1n) is 7.41. The highest BCUT2D eigenvalue weighted by molar-refractivity contribution is 5.76. The summed E-state index contributed by atoms with van der Waals surface area (Å²) >= 11 is 0. The SMILES string of the molecule is CC(C)CCOCCNC(=O)CCOc1ccccc1N. The molecule has 1 rings (SSSR count). The van der Waals surface area contributed by atoms with Gasteiger partial charge in [0.15, 0.2) is 0 Å². The summed E-state index contributed by atoms with van der Waals surface area (Å²) in [5, 5.41) is 2.80. The molecule has 3 N–H and O–H groups in total. The number of nitrogens with two attached hydrogens (primary N) is 1. The Morgan fingerprint density at radius 2 is 2.00 bits per heavy atom. The van der Waals surface area contributed by atoms with Gasteiger partial charge in [-0.3, -0.25) is 4.79 Å². The van der Waals surface area contributed by atoms with Gasteiger partial charge in [0.1, 0.15) is 5.75 Å². The number of nitrogen functional groups attached to an aromatic ring is 1. The molecule has 0 saturated heterocycles. The van der Waals surface area contributed by atoms with Crippen molar-refractivity contribution in [2.24, 2.45) is 5.92 Å². The third kappa shape index (κ3) is 8.19. The van der Waals surface area contributed by atoms with Crippen molar-refractivity contribution < 1.29 is 14.3 Å². The number of benzene rings is 1. The summed E-state index contributed by atoms with van der Waals surface area (Å²) in [5.41, 5.74) is 6.32. The number of hydrogen-bond acceptors (Lipinski definition) is 4. The molecule has 1 aromatic carbocycles. The second-order valence-electron chi connectivity index (χ2n) is 5.28.